The van der Waals surface area contributed by atoms with Gasteiger partial charge in [-0.25, -0.2) is 0 Å². The van der Waals surface area contributed by atoms with Gasteiger partial charge < -0.3 is 0 Å². The van der Waals surface area contributed by atoms with E-state index in [2.05, 4.69) is 10.2 Å². The second-order valence-corrected chi connectivity index (χ2v) is 1.97. The van der Waals surface area contributed by atoms with Crippen molar-refractivity contribution in [2.75, 3.05) is 0 Å². The summed E-state index contributed by atoms with van der Waals surface area (Å²) in [5, 5.41) is 25.5. The Morgan fingerprint density at radius 1 is 1.75 bits per heavy atom. The Bertz CT molecular complexity index is 318. The monoisotopic (exact) mass is 164 g/mol. The molecule has 0 amide bonds. The lowest BCUT2D eigenvalue weighted by atomic mass is 10.2. The van der Waals surface area contributed by atoms with Crippen molar-refractivity contribution in [1.82, 2.24) is 10.2 Å². The zero-order valence-corrected chi connectivity index (χ0v) is 5.91. The number of rotatable bonds is 2. The van der Waals surface area contributed by atoms with Gasteiger partial charge in [-0.05, 0) is 12.1 Å². The number of hydrogen-bond donors (Lipinski definition) is 0. The Balaban J connectivity index is 2.98. The van der Waals surface area contributed by atoms with E-state index in [0.29, 0.717) is 0 Å². The SMILES string of the molecule is N#CC(c1cccnn1)[N+](=O)[O-]. The Hall–Kier alpha value is -2.03. The van der Waals surface area contributed by atoms with Crippen LogP contribution >= 0.6 is 0 Å². The Morgan fingerprint density at radius 3 is 2.92 bits per heavy atom. The molecule has 12 heavy (non-hydrogen) atoms. The van der Waals surface area contributed by atoms with Gasteiger partial charge in [-0.2, -0.15) is 10.4 Å². The average Bonchev–Trinajstić information content (AvgIpc) is 2.07. The quantitative estimate of drug-likeness (QED) is 0.463. The summed E-state index contributed by atoms with van der Waals surface area (Å²) in [4.78, 5) is 9.54. The lowest BCUT2D eigenvalue weighted by Crippen LogP contribution is -2.10. The maximum absolute atomic E-state index is 10.2. The van der Waals surface area contributed by atoms with Gasteiger partial charge in [-0.1, -0.05) is 0 Å². The summed E-state index contributed by atoms with van der Waals surface area (Å²) >= 11 is 0. The molecule has 0 N–H and O–H groups in total. The normalized spacial score (nSPS) is 11.6. The minimum atomic E-state index is -1.42. The fourth-order valence-corrected chi connectivity index (χ4v) is 0.681. The number of aromatic nitrogens is 2. The molecule has 0 saturated heterocycles. The smallest absolute Gasteiger partial charge is 0.263 e. The van der Waals surface area contributed by atoms with Crippen molar-refractivity contribution in [2.45, 2.75) is 6.04 Å². The first-order valence-corrected chi connectivity index (χ1v) is 3.06. The first-order chi connectivity index (χ1) is 5.75. The predicted molar refractivity (Wildman–Crippen MR) is 37.4 cm³/mol. The van der Waals surface area contributed by atoms with E-state index in [1.807, 2.05) is 0 Å². The van der Waals surface area contributed by atoms with Crippen LogP contribution in [0.1, 0.15) is 11.7 Å². The highest BCUT2D eigenvalue weighted by molar-refractivity contribution is 5.09. The van der Waals surface area contributed by atoms with Crippen molar-refractivity contribution in [1.29, 1.82) is 5.26 Å². The van der Waals surface area contributed by atoms with Crippen molar-refractivity contribution < 1.29 is 4.92 Å². The van der Waals surface area contributed by atoms with Gasteiger partial charge in [0.2, 0.25) is 0 Å². The zero-order valence-electron chi connectivity index (χ0n) is 5.91. The van der Waals surface area contributed by atoms with Gasteiger partial charge >= 0.3 is 6.04 Å². The predicted octanol–water partition coefficient (Wildman–Crippen LogP) is 0.318. The van der Waals surface area contributed by atoms with E-state index in [4.69, 9.17) is 5.26 Å². The molecule has 1 aromatic rings. The highest BCUT2D eigenvalue weighted by atomic mass is 16.6. The van der Waals surface area contributed by atoms with Crippen molar-refractivity contribution in [2.24, 2.45) is 0 Å². The number of nitriles is 1. The van der Waals surface area contributed by atoms with Crippen LogP contribution in [0.15, 0.2) is 18.3 Å². The first-order valence-electron chi connectivity index (χ1n) is 3.06. The van der Waals surface area contributed by atoms with Crippen LogP contribution in [0.3, 0.4) is 0 Å². The molecule has 1 heterocycles. The van der Waals surface area contributed by atoms with Crippen LogP contribution in [0.4, 0.5) is 0 Å². The molecule has 0 saturated carbocycles. The molecular formula is C6H4N4O2. The maximum Gasteiger partial charge on any atom is 0.340 e. The number of nitrogens with zero attached hydrogens (tertiary/aromatic N) is 4. The van der Waals surface area contributed by atoms with Crippen LogP contribution in [0.25, 0.3) is 0 Å². The molecule has 0 radical (unpaired) electrons. The van der Waals surface area contributed by atoms with Crippen LogP contribution in [-0.2, 0) is 0 Å². The minimum absolute atomic E-state index is 0.0602. The largest absolute Gasteiger partial charge is 0.340 e. The molecule has 6 heteroatoms. The Labute approximate surface area is 67.6 Å². The molecule has 0 fully saturated rings. The van der Waals surface area contributed by atoms with Gasteiger partial charge in [0.15, 0.2) is 11.8 Å². The Morgan fingerprint density at radius 2 is 2.50 bits per heavy atom. The van der Waals surface area contributed by atoms with Crippen molar-refractivity contribution in [3.8, 4) is 6.07 Å². The lowest BCUT2D eigenvalue weighted by Gasteiger charge is -1.96. The Kier molecular flexibility index (Phi) is 2.28. The fourth-order valence-electron chi connectivity index (χ4n) is 0.681. The molecule has 0 bridgehead atoms. The van der Waals surface area contributed by atoms with E-state index in [1.54, 1.807) is 0 Å². The van der Waals surface area contributed by atoms with Crippen LogP contribution < -0.4 is 0 Å². The summed E-state index contributed by atoms with van der Waals surface area (Å²) in [5.74, 6) is 0. The highest BCUT2D eigenvalue weighted by Crippen LogP contribution is 2.10. The van der Waals surface area contributed by atoms with E-state index in [1.165, 1.54) is 24.4 Å². The molecule has 1 atom stereocenters. The molecule has 0 aliphatic heterocycles. The van der Waals surface area contributed by atoms with E-state index < -0.39 is 11.0 Å². The second kappa shape index (κ2) is 3.39. The van der Waals surface area contributed by atoms with Crippen molar-refractivity contribution in [3.05, 3.63) is 34.1 Å². The molecular weight excluding hydrogens is 160 g/mol. The molecule has 6 nitrogen and oxygen atoms in total. The minimum Gasteiger partial charge on any atom is -0.263 e. The molecule has 1 rings (SSSR count). The lowest BCUT2D eigenvalue weighted by molar-refractivity contribution is -0.513. The highest BCUT2D eigenvalue weighted by Gasteiger charge is 2.23. The summed E-state index contributed by atoms with van der Waals surface area (Å²) in [6, 6.07) is 2.99. The standard InChI is InChI=1S/C6H4N4O2/c7-4-6(10(11)12)5-2-1-3-8-9-5/h1-3,6H. The summed E-state index contributed by atoms with van der Waals surface area (Å²) in [7, 11) is 0. The first kappa shape index (κ1) is 8.07. The third-order valence-electron chi connectivity index (χ3n) is 1.21. The van der Waals surface area contributed by atoms with E-state index >= 15 is 0 Å². The summed E-state index contributed by atoms with van der Waals surface area (Å²) in [5.41, 5.74) is 0.0602. The van der Waals surface area contributed by atoms with Crippen LogP contribution in [0, 0.1) is 21.4 Å². The summed E-state index contributed by atoms with van der Waals surface area (Å²) < 4.78 is 0. The molecule has 0 aliphatic carbocycles. The molecule has 0 spiro atoms. The molecule has 1 unspecified atom stereocenters. The van der Waals surface area contributed by atoms with E-state index in [9.17, 15) is 10.1 Å². The fraction of sp³-hybridized carbons (Fsp3) is 0.167. The van der Waals surface area contributed by atoms with Crippen LogP contribution in [0.2, 0.25) is 0 Å². The number of hydrogen-bond acceptors (Lipinski definition) is 5. The molecule has 0 aliphatic rings. The van der Waals surface area contributed by atoms with Crippen LogP contribution in [0.5, 0.6) is 0 Å². The molecule has 1 aromatic heterocycles. The number of nitro groups is 1. The zero-order chi connectivity index (χ0) is 8.97. The van der Waals surface area contributed by atoms with Gasteiger partial charge in [0.05, 0.1) is 0 Å². The van der Waals surface area contributed by atoms with Crippen LogP contribution in [-0.4, -0.2) is 15.1 Å². The molecule has 0 aromatic carbocycles. The second-order valence-electron chi connectivity index (χ2n) is 1.97. The van der Waals surface area contributed by atoms with E-state index in [-0.39, 0.29) is 5.69 Å². The third kappa shape index (κ3) is 1.52. The van der Waals surface area contributed by atoms with Gasteiger partial charge in [0, 0.05) is 11.1 Å². The maximum atomic E-state index is 10.2. The van der Waals surface area contributed by atoms with Gasteiger partial charge in [0.25, 0.3) is 0 Å². The summed E-state index contributed by atoms with van der Waals surface area (Å²) in [6.45, 7) is 0. The molecule has 60 valence electrons. The topological polar surface area (TPSA) is 92.7 Å². The van der Waals surface area contributed by atoms with Crippen molar-refractivity contribution >= 4 is 0 Å². The average molecular weight is 164 g/mol. The van der Waals surface area contributed by atoms with Gasteiger partial charge in [0.1, 0.15) is 0 Å². The summed E-state index contributed by atoms with van der Waals surface area (Å²) in [6.07, 6.45) is 1.39. The third-order valence-corrected chi connectivity index (χ3v) is 1.21. The van der Waals surface area contributed by atoms with E-state index in [0.717, 1.165) is 0 Å². The van der Waals surface area contributed by atoms with Crippen molar-refractivity contribution in [3.63, 3.8) is 0 Å². The van der Waals surface area contributed by atoms with Gasteiger partial charge in [-0.3, -0.25) is 10.1 Å². The van der Waals surface area contributed by atoms with Gasteiger partial charge in [-0.15, -0.1) is 5.10 Å².